The molecule has 0 atom stereocenters. The Kier molecular flexibility index (Phi) is 3.69. The Morgan fingerprint density at radius 3 is 2.55 bits per heavy atom. The predicted molar refractivity (Wildman–Crippen MR) is 95.1 cm³/mol. The van der Waals surface area contributed by atoms with Crippen molar-refractivity contribution in [2.75, 3.05) is 0 Å². The van der Waals surface area contributed by atoms with Gasteiger partial charge in [-0.3, -0.25) is 4.79 Å². The number of hydrogen-bond acceptors (Lipinski definition) is 2. The fourth-order valence-corrected chi connectivity index (χ4v) is 3.66. The summed E-state index contributed by atoms with van der Waals surface area (Å²) in [6.45, 7) is 8.72. The van der Waals surface area contributed by atoms with Crippen molar-refractivity contribution in [3.8, 4) is 10.6 Å². The van der Waals surface area contributed by atoms with E-state index in [1.807, 2.05) is 0 Å². The van der Waals surface area contributed by atoms with E-state index >= 15 is 0 Å². The van der Waals surface area contributed by atoms with Crippen molar-refractivity contribution in [3.05, 3.63) is 46.3 Å². The van der Waals surface area contributed by atoms with E-state index < -0.39 is 0 Å². The molecule has 0 bridgehead atoms. The number of hydrogen-bond donors (Lipinski definition) is 1. The van der Waals surface area contributed by atoms with Crippen molar-refractivity contribution in [1.82, 2.24) is 4.98 Å². The van der Waals surface area contributed by atoms with Gasteiger partial charge in [-0.15, -0.1) is 11.3 Å². The molecule has 0 spiro atoms. The molecule has 3 rings (SSSR count). The van der Waals surface area contributed by atoms with Gasteiger partial charge in [0.25, 0.3) is 0 Å². The average Bonchev–Trinajstić information content (AvgIpc) is 3.09. The number of nitrogens with one attached hydrogen (secondary N) is 1. The van der Waals surface area contributed by atoms with E-state index in [-0.39, 0.29) is 5.41 Å². The van der Waals surface area contributed by atoms with Crippen LogP contribution in [0.25, 0.3) is 21.5 Å². The molecule has 0 saturated heterocycles. The minimum atomic E-state index is 0.0735. The molecule has 0 amide bonds. The number of aryl methyl sites for hydroxylation is 1. The predicted octanol–water partition coefficient (Wildman–Crippen LogP) is 5.57. The molecule has 22 heavy (non-hydrogen) atoms. The molecule has 0 aliphatic rings. The van der Waals surface area contributed by atoms with E-state index in [1.165, 1.54) is 10.4 Å². The quantitative estimate of drug-likeness (QED) is 0.630. The Hall–Kier alpha value is -1.87. The molecule has 0 aliphatic carbocycles. The standard InChI is InChI=1S/C19H21NOS/c1-5-13-7-9-17(22-13)18-15(11-21)14-10-12(19(2,3)4)6-8-16(14)20-18/h6-11,20H,5H2,1-4H3. The van der Waals surface area contributed by atoms with Crippen molar-refractivity contribution < 1.29 is 4.79 Å². The Labute approximate surface area is 135 Å². The molecule has 0 saturated carbocycles. The summed E-state index contributed by atoms with van der Waals surface area (Å²) < 4.78 is 0. The van der Waals surface area contributed by atoms with Gasteiger partial charge in [0.05, 0.1) is 10.6 Å². The van der Waals surface area contributed by atoms with Gasteiger partial charge in [0.1, 0.15) is 0 Å². The van der Waals surface area contributed by atoms with Crippen molar-refractivity contribution in [2.24, 2.45) is 0 Å². The maximum absolute atomic E-state index is 11.7. The van der Waals surface area contributed by atoms with E-state index in [2.05, 4.69) is 63.0 Å². The first-order valence-corrected chi connectivity index (χ1v) is 8.46. The lowest BCUT2D eigenvalue weighted by molar-refractivity contribution is 0.112. The number of aldehydes is 1. The van der Waals surface area contributed by atoms with E-state index in [4.69, 9.17) is 0 Å². The summed E-state index contributed by atoms with van der Waals surface area (Å²) in [4.78, 5) is 17.6. The zero-order chi connectivity index (χ0) is 15.9. The van der Waals surface area contributed by atoms with Gasteiger partial charge in [-0.1, -0.05) is 33.8 Å². The molecule has 2 aromatic heterocycles. The maximum atomic E-state index is 11.7. The zero-order valence-corrected chi connectivity index (χ0v) is 14.3. The smallest absolute Gasteiger partial charge is 0.152 e. The number of benzene rings is 1. The summed E-state index contributed by atoms with van der Waals surface area (Å²) in [7, 11) is 0. The van der Waals surface area contributed by atoms with Crippen LogP contribution in [0, 0.1) is 0 Å². The Balaban J connectivity index is 2.21. The third kappa shape index (κ3) is 2.50. The van der Waals surface area contributed by atoms with Crippen LogP contribution < -0.4 is 0 Å². The van der Waals surface area contributed by atoms with Gasteiger partial charge in [-0.05, 0) is 41.7 Å². The number of aromatic amines is 1. The molecular weight excluding hydrogens is 290 g/mol. The SMILES string of the molecule is CCc1ccc(-c2[nH]c3ccc(C(C)(C)C)cc3c2C=O)s1. The summed E-state index contributed by atoms with van der Waals surface area (Å²) >= 11 is 1.75. The molecule has 3 aromatic rings. The van der Waals surface area contributed by atoms with Gasteiger partial charge in [-0.25, -0.2) is 0 Å². The second-order valence-corrected chi connectivity index (χ2v) is 7.83. The van der Waals surface area contributed by atoms with Crippen molar-refractivity contribution in [1.29, 1.82) is 0 Å². The monoisotopic (exact) mass is 311 g/mol. The number of carbonyl (C=O) groups excluding carboxylic acids is 1. The topological polar surface area (TPSA) is 32.9 Å². The summed E-state index contributed by atoms with van der Waals surface area (Å²) in [5.74, 6) is 0. The molecule has 0 unspecified atom stereocenters. The summed E-state index contributed by atoms with van der Waals surface area (Å²) in [6.07, 6.45) is 2.00. The number of carbonyl (C=O) groups is 1. The second-order valence-electron chi connectivity index (χ2n) is 6.66. The average molecular weight is 311 g/mol. The Bertz CT molecular complexity index is 833. The first kappa shape index (κ1) is 15.0. The van der Waals surface area contributed by atoms with E-state index in [0.717, 1.165) is 39.7 Å². The van der Waals surface area contributed by atoms with Crippen LogP contribution in [0.2, 0.25) is 0 Å². The fraction of sp³-hybridized carbons (Fsp3) is 0.316. The van der Waals surface area contributed by atoms with Crippen LogP contribution in [-0.4, -0.2) is 11.3 Å². The van der Waals surface area contributed by atoms with Gasteiger partial charge < -0.3 is 4.98 Å². The van der Waals surface area contributed by atoms with Gasteiger partial charge in [-0.2, -0.15) is 0 Å². The lowest BCUT2D eigenvalue weighted by Gasteiger charge is -2.18. The number of aromatic nitrogens is 1. The Morgan fingerprint density at radius 2 is 1.95 bits per heavy atom. The van der Waals surface area contributed by atoms with E-state index in [0.29, 0.717) is 0 Å². The second kappa shape index (κ2) is 5.40. The molecule has 0 fully saturated rings. The van der Waals surface area contributed by atoms with E-state index in [9.17, 15) is 4.79 Å². The lowest BCUT2D eigenvalue weighted by Crippen LogP contribution is -2.10. The summed E-state index contributed by atoms with van der Waals surface area (Å²) in [5, 5.41) is 1.02. The van der Waals surface area contributed by atoms with Gasteiger partial charge in [0.2, 0.25) is 0 Å². The van der Waals surface area contributed by atoms with E-state index in [1.54, 1.807) is 11.3 Å². The summed E-state index contributed by atoms with van der Waals surface area (Å²) in [5.41, 5.74) is 4.06. The third-order valence-corrected chi connectivity index (χ3v) is 5.33. The van der Waals surface area contributed by atoms with Crippen LogP contribution in [0.5, 0.6) is 0 Å². The molecule has 2 heterocycles. The highest BCUT2D eigenvalue weighted by Gasteiger charge is 2.18. The molecule has 0 radical (unpaired) electrons. The highest BCUT2D eigenvalue weighted by Crippen LogP contribution is 2.35. The van der Waals surface area contributed by atoms with Crippen LogP contribution in [0.4, 0.5) is 0 Å². The molecular formula is C19H21NOS. The number of rotatable bonds is 3. The third-order valence-electron chi connectivity index (χ3n) is 4.08. The number of H-pyrrole nitrogens is 1. The zero-order valence-electron chi connectivity index (χ0n) is 13.5. The lowest BCUT2D eigenvalue weighted by atomic mass is 9.86. The van der Waals surface area contributed by atoms with Crippen molar-refractivity contribution in [3.63, 3.8) is 0 Å². The van der Waals surface area contributed by atoms with Crippen LogP contribution >= 0.6 is 11.3 Å². The number of thiophene rings is 1. The first-order valence-electron chi connectivity index (χ1n) is 7.64. The molecule has 1 N–H and O–H groups in total. The molecule has 2 nitrogen and oxygen atoms in total. The van der Waals surface area contributed by atoms with Crippen LogP contribution in [0.3, 0.4) is 0 Å². The molecule has 114 valence electrons. The van der Waals surface area contributed by atoms with Crippen molar-refractivity contribution in [2.45, 2.75) is 39.5 Å². The normalized spacial score (nSPS) is 12.0. The van der Waals surface area contributed by atoms with Crippen LogP contribution in [0.1, 0.15) is 48.5 Å². The van der Waals surface area contributed by atoms with Gasteiger partial charge in [0.15, 0.2) is 6.29 Å². The maximum Gasteiger partial charge on any atom is 0.152 e. The van der Waals surface area contributed by atoms with Crippen molar-refractivity contribution >= 4 is 28.5 Å². The summed E-state index contributed by atoms with van der Waals surface area (Å²) in [6, 6.07) is 10.6. The molecule has 3 heteroatoms. The van der Waals surface area contributed by atoms with Gasteiger partial charge in [0, 0.05) is 21.3 Å². The number of fused-ring (bicyclic) bond motifs is 1. The van der Waals surface area contributed by atoms with Gasteiger partial charge >= 0.3 is 0 Å². The first-order chi connectivity index (χ1) is 10.4. The molecule has 1 aromatic carbocycles. The highest BCUT2D eigenvalue weighted by molar-refractivity contribution is 7.15. The van der Waals surface area contributed by atoms with Crippen LogP contribution in [-0.2, 0) is 11.8 Å². The van der Waals surface area contributed by atoms with Crippen LogP contribution in [0.15, 0.2) is 30.3 Å². The highest BCUT2D eigenvalue weighted by atomic mass is 32.1. The molecule has 0 aliphatic heterocycles. The fourth-order valence-electron chi connectivity index (χ4n) is 2.70. The minimum Gasteiger partial charge on any atom is -0.353 e. The largest absolute Gasteiger partial charge is 0.353 e. The Morgan fingerprint density at radius 1 is 1.18 bits per heavy atom. The minimum absolute atomic E-state index is 0.0735.